The fraction of sp³-hybridized carbons (Fsp3) is 0.105. The monoisotopic (exact) mass is 341 g/mol. The Morgan fingerprint density at radius 1 is 1.12 bits per heavy atom. The summed E-state index contributed by atoms with van der Waals surface area (Å²) in [6, 6.07) is 17.7. The summed E-state index contributed by atoms with van der Waals surface area (Å²) in [5.41, 5.74) is 2.11. The standard InChI is InChI=1S/C19H16ClNO3/c20-16-4-1-3-15(11-16)19(23)21-12-17(22)13-6-8-14(9-7-13)18-5-2-10-24-18/h1-11,17,22H,12H2,(H,21,23)/t17-/m0/s1. The molecule has 0 aliphatic heterocycles. The normalized spacial score (nSPS) is 11.9. The van der Waals surface area contributed by atoms with E-state index in [4.69, 9.17) is 16.0 Å². The lowest BCUT2D eigenvalue weighted by Crippen LogP contribution is -2.28. The van der Waals surface area contributed by atoms with Crippen molar-refractivity contribution in [2.75, 3.05) is 6.54 Å². The Hall–Kier alpha value is -2.56. The maximum atomic E-state index is 12.0. The third-order valence-electron chi connectivity index (χ3n) is 3.64. The van der Waals surface area contributed by atoms with Gasteiger partial charge in [0, 0.05) is 22.7 Å². The van der Waals surface area contributed by atoms with Crippen molar-refractivity contribution in [3.05, 3.63) is 83.1 Å². The fourth-order valence-electron chi connectivity index (χ4n) is 2.35. The van der Waals surface area contributed by atoms with Crippen molar-refractivity contribution < 1.29 is 14.3 Å². The van der Waals surface area contributed by atoms with Crippen LogP contribution in [0.25, 0.3) is 11.3 Å². The van der Waals surface area contributed by atoms with E-state index in [1.807, 2.05) is 36.4 Å². The Morgan fingerprint density at radius 3 is 2.58 bits per heavy atom. The molecule has 2 N–H and O–H groups in total. The number of benzene rings is 2. The van der Waals surface area contributed by atoms with Crippen LogP contribution in [-0.2, 0) is 0 Å². The number of hydrogen-bond donors (Lipinski definition) is 2. The number of amides is 1. The zero-order valence-electron chi connectivity index (χ0n) is 12.8. The van der Waals surface area contributed by atoms with Crippen LogP contribution in [0, 0.1) is 0 Å². The molecule has 0 aliphatic carbocycles. The van der Waals surface area contributed by atoms with Crippen LogP contribution in [0.3, 0.4) is 0 Å². The average molecular weight is 342 g/mol. The highest BCUT2D eigenvalue weighted by molar-refractivity contribution is 6.30. The number of aliphatic hydroxyl groups excluding tert-OH is 1. The van der Waals surface area contributed by atoms with Crippen LogP contribution in [-0.4, -0.2) is 17.6 Å². The molecule has 1 aromatic heterocycles. The first kappa shape index (κ1) is 16.3. The Kier molecular flexibility index (Phi) is 4.99. The first-order valence-electron chi connectivity index (χ1n) is 7.49. The highest BCUT2D eigenvalue weighted by atomic mass is 35.5. The molecule has 0 spiro atoms. The SMILES string of the molecule is O=C(NC[C@H](O)c1ccc(-c2ccco2)cc1)c1cccc(Cl)c1. The summed E-state index contributed by atoms with van der Waals surface area (Å²) in [6.07, 6.45) is 0.822. The molecule has 0 saturated carbocycles. The molecule has 1 heterocycles. The second-order valence-electron chi connectivity index (χ2n) is 5.34. The summed E-state index contributed by atoms with van der Waals surface area (Å²) in [4.78, 5) is 12.0. The zero-order chi connectivity index (χ0) is 16.9. The summed E-state index contributed by atoms with van der Waals surface area (Å²) in [7, 11) is 0. The van der Waals surface area contributed by atoms with Crippen molar-refractivity contribution in [2.24, 2.45) is 0 Å². The number of nitrogens with one attached hydrogen (secondary N) is 1. The summed E-state index contributed by atoms with van der Waals surface area (Å²) < 4.78 is 5.33. The lowest BCUT2D eigenvalue weighted by Gasteiger charge is -2.13. The average Bonchev–Trinajstić information content (AvgIpc) is 3.14. The predicted octanol–water partition coefficient (Wildman–Crippen LogP) is 4.06. The Bertz CT molecular complexity index is 813. The molecular formula is C19H16ClNO3. The summed E-state index contributed by atoms with van der Waals surface area (Å²) >= 11 is 5.87. The van der Waals surface area contributed by atoms with E-state index in [0.29, 0.717) is 10.6 Å². The first-order valence-corrected chi connectivity index (χ1v) is 7.87. The van der Waals surface area contributed by atoms with E-state index in [2.05, 4.69) is 5.32 Å². The van der Waals surface area contributed by atoms with Crippen LogP contribution >= 0.6 is 11.6 Å². The minimum atomic E-state index is -0.793. The van der Waals surface area contributed by atoms with Crippen molar-refractivity contribution in [1.82, 2.24) is 5.32 Å². The third-order valence-corrected chi connectivity index (χ3v) is 3.88. The maximum Gasteiger partial charge on any atom is 0.251 e. The predicted molar refractivity (Wildman–Crippen MR) is 92.9 cm³/mol. The van der Waals surface area contributed by atoms with Crippen LogP contribution in [0.1, 0.15) is 22.0 Å². The number of furan rings is 1. The molecular weight excluding hydrogens is 326 g/mol. The molecule has 3 aromatic rings. The Balaban J connectivity index is 1.60. The van der Waals surface area contributed by atoms with Gasteiger partial charge in [-0.15, -0.1) is 0 Å². The highest BCUT2D eigenvalue weighted by Gasteiger charge is 2.11. The van der Waals surface area contributed by atoms with Gasteiger partial charge < -0.3 is 14.8 Å². The summed E-state index contributed by atoms with van der Waals surface area (Å²) in [5.74, 6) is 0.494. The van der Waals surface area contributed by atoms with Crippen molar-refractivity contribution in [2.45, 2.75) is 6.10 Å². The Morgan fingerprint density at radius 2 is 1.92 bits per heavy atom. The van der Waals surface area contributed by atoms with Crippen LogP contribution in [0.5, 0.6) is 0 Å². The van der Waals surface area contributed by atoms with Crippen LogP contribution < -0.4 is 5.32 Å². The van der Waals surface area contributed by atoms with Crippen molar-refractivity contribution in [3.63, 3.8) is 0 Å². The molecule has 1 amide bonds. The number of aliphatic hydroxyl groups is 1. The van der Waals surface area contributed by atoms with Gasteiger partial charge >= 0.3 is 0 Å². The van der Waals surface area contributed by atoms with Gasteiger partial charge in [0.1, 0.15) is 5.76 Å². The van der Waals surface area contributed by atoms with Gasteiger partial charge in [-0.25, -0.2) is 0 Å². The molecule has 0 unspecified atom stereocenters. The van der Waals surface area contributed by atoms with Gasteiger partial charge in [0.2, 0.25) is 0 Å². The van der Waals surface area contributed by atoms with Crippen molar-refractivity contribution in [3.8, 4) is 11.3 Å². The molecule has 3 rings (SSSR count). The number of carbonyl (C=O) groups is 1. The van der Waals surface area contributed by atoms with E-state index in [0.717, 1.165) is 16.9 Å². The molecule has 122 valence electrons. The third kappa shape index (κ3) is 3.85. The van der Waals surface area contributed by atoms with E-state index < -0.39 is 6.10 Å². The molecule has 1 atom stereocenters. The van der Waals surface area contributed by atoms with E-state index in [1.165, 1.54) is 0 Å². The molecule has 0 bridgehead atoms. The number of carbonyl (C=O) groups excluding carboxylic acids is 1. The number of hydrogen-bond acceptors (Lipinski definition) is 3. The molecule has 0 saturated heterocycles. The van der Waals surface area contributed by atoms with Gasteiger partial charge in [0.25, 0.3) is 5.91 Å². The van der Waals surface area contributed by atoms with Gasteiger partial charge in [0.05, 0.1) is 12.4 Å². The van der Waals surface area contributed by atoms with Crippen LogP contribution in [0.2, 0.25) is 5.02 Å². The first-order chi connectivity index (χ1) is 11.6. The van der Waals surface area contributed by atoms with Gasteiger partial charge in [0.15, 0.2) is 0 Å². The summed E-state index contributed by atoms with van der Waals surface area (Å²) in [6.45, 7) is 0.117. The van der Waals surface area contributed by atoms with Gasteiger partial charge in [-0.05, 0) is 35.9 Å². The van der Waals surface area contributed by atoms with E-state index in [9.17, 15) is 9.90 Å². The van der Waals surface area contributed by atoms with E-state index in [-0.39, 0.29) is 12.5 Å². The topological polar surface area (TPSA) is 62.5 Å². The fourth-order valence-corrected chi connectivity index (χ4v) is 2.54. The highest BCUT2D eigenvalue weighted by Crippen LogP contribution is 2.22. The molecule has 0 aliphatic rings. The van der Waals surface area contributed by atoms with Crippen LogP contribution in [0.4, 0.5) is 0 Å². The quantitative estimate of drug-likeness (QED) is 0.735. The largest absolute Gasteiger partial charge is 0.464 e. The second-order valence-corrected chi connectivity index (χ2v) is 5.77. The van der Waals surface area contributed by atoms with Crippen molar-refractivity contribution in [1.29, 1.82) is 0 Å². The van der Waals surface area contributed by atoms with E-state index >= 15 is 0 Å². The minimum Gasteiger partial charge on any atom is -0.464 e. The lowest BCUT2D eigenvalue weighted by atomic mass is 10.1. The Labute approximate surface area is 144 Å². The van der Waals surface area contributed by atoms with E-state index in [1.54, 1.807) is 30.5 Å². The van der Waals surface area contributed by atoms with Crippen LogP contribution in [0.15, 0.2) is 71.3 Å². The molecule has 5 heteroatoms. The number of halogens is 1. The maximum absolute atomic E-state index is 12.0. The van der Waals surface area contributed by atoms with Crippen molar-refractivity contribution >= 4 is 17.5 Å². The molecule has 0 radical (unpaired) electrons. The molecule has 24 heavy (non-hydrogen) atoms. The molecule has 2 aromatic carbocycles. The number of rotatable bonds is 5. The molecule has 0 fully saturated rings. The molecule has 4 nitrogen and oxygen atoms in total. The second kappa shape index (κ2) is 7.34. The minimum absolute atomic E-state index is 0.117. The zero-order valence-corrected chi connectivity index (χ0v) is 13.5. The van der Waals surface area contributed by atoms with Gasteiger partial charge in [-0.3, -0.25) is 4.79 Å². The van der Waals surface area contributed by atoms with Gasteiger partial charge in [-0.2, -0.15) is 0 Å². The smallest absolute Gasteiger partial charge is 0.251 e. The van der Waals surface area contributed by atoms with Gasteiger partial charge in [-0.1, -0.05) is 41.9 Å². The lowest BCUT2D eigenvalue weighted by molar-refractivity contribution is 0.0916. The summed E-state index contributed by atoms with van der Waals surface area (Å²) in [5, 5.41) is 13.4.